The van der Waals surface area contributed by atoms with Gasteiger partial charge in [0, 0.05) is 11.1 Å². The van der Waals surface area contributed by atoms with Gasteiger partial charge in [-0.25, -0.2) is 0 Å². The van der Waals surface area contributed by atoms with Gasteiger partial charge in [-0.15, -0.1) is 0 Å². The number of halogens is 1. The van der Waals surface area contributed by atoms with Crippen LogP contribution >= 0.6 is 15.9 Å². The Labute approximate surface area is 132 Å². The van der Waals surface area contributed by atoms with Crippen LogP contribution in [-0.4, -0.2) is 11.7 Å². The molecule has 0 saturated heterocycles. The maximum Gasteiger partial charge on any atom is 0.120 e. The molecule has 4 heteroatoms. The van der Waals surface area contributed by atoms with E-state index < -0.39 is 0 Å². The number of ether oxygens (including phenoxy) is 1. The summed E-state index contributed by atoms with van der Waals surface area (Å²) in [5.74, 6) is 0.793. The van der Waals surface area contributed by atoms with Gasteiger partial charge in [-0.2, -0.15) is 5.26 Å². The smallest absolute Gasteiger partial charge is 0.120 e. The number of aryl methyl sites for hydroxylation is 1. The van der Waals surface area contributed by atoms with E-state index in [1.807, 2.05) is 36.4 Å². The standard InChI is InChI=1S/C17H16BrNO2/c18-16-4-1-5-17(10-16)21-12-15-7-6-13(11-19)9-14(15)3-2-8-20/h1,4-7,9-10,20H,2-3,8,12H2. The lowest BCUT2D eigenvalue weighted by atomic mass is 10.0. The third kappa shape index (κ3) is 4.59. The van der Waals surface area contributed by atoms with Crippen LogP contribution in [0.15, 0.2) is 46.9 Å². The van der Waals surface area contributed by atoms with Crippen molar-refractivity contribution in [2.45, 2.75) is 19.4 Å². The third-order valence-electron chi connectivity index (χ3n) is 3.13. The first-order valence-corrected chi connectivity index (χ1v) is 7.53. The summed E-state index contributed by atoms with van der Waals surface area (Å²) in [6.07, 6.45) is 1.42. The average Bonchev–Trinajstić information content (AvgIpc) is 2.51. The first kappa shape index (κ1) is 15.6. The largest absolute Gasteiger partial charge is 0.489 e. The summed E-state index contributed by atoms with van der Waals surface area (Å²) >= 11 is 3.41. The molecule has 21 heavy (non-hydrogen) atoms. The van der Waals surface area contributed by atoms with Crippen molar-refractivity contribution >= 4 is 15.9 Å². The van der Waals surface area contributed by atoms with Gasteiger partial charge in [0.15, 0.2) is 0 Å². The quantitative estimate of drug-likeness (QED) is 0.865. The first-order chi connectivity index (χ1) is 10.2. The molecule has 0 radical (unpaired) electrons. The molecule has 0 aliphatic heterocycles. The Morgan fingerprint density at radius 1 is 1.14 bits per heavy atom. The Morgan fingerprint density at radius 2 is 2.00 bits per heavy atom. The summed E-state index contributed by atoms with van der Waals surface area (Å²) in [4.78, 5) is 0. The number of benzene rings is 2. The summed E-state index contributed by atoms with van der Waals surface area (Å²) in [7, 11) is 0. The zero-order valence-corrected chi connectivity index (χ0v) is 13.1. The summed E-state index contributed by atoms with van der Waals surface area (Å²) in [5, 5.41) is 18.0. The summed E-state index contributed by atoms with van der Waals surface area (Å²) in [6.45, 7) is 0.589. The van der Waals surface area contributed by atoms with Gasteiger partial charge in [0.2, 0.25) is 0 Å². The van der Waals surface area contributed by atoms with E-state index in [4.69, 9.17) is 15.1 Å². The van der Waals surface area contributed by atoms with Crippen LogP contribution in [0.25, 0.3) is 0 Å². The van der Waals surface area contributed by atoms with E-state index in [1.165, 1.54) is 0 Å². The minimum Gasteiger partial charge on any atom is -0.489 e. The number of rotatable bonds is 6. The fraction of sp³-hybridized carbons (Fsp3) is 0.235. The summed E-state index contributed by atoms with van der Waals surface area (Å²) in [6, 6.07) is 15.4. The van der Waals surface area contributed by atoms with Crippen molar-refractivity contribution < 1.29 is 9.84 Å². The Balaban J connectivity index is 2.13. The number of aliphatic hydroxyl groups excluding tert-OH is 1. The van der Waals surface area contributed by atoms with Gasteiger partial charge in [-0.05, 0) is 54.3 Å². The minimum absolute atomic E-state index is 0.142. The molecule has 0 saturated carbocycles. The molecule has 2 rings (SSSR count). The predicted octanol–water partition coefficient (Wildman–Crippen LogP) is 3.82. The van der Waals surface area contributed by atoms with E-state index in [1.54, 1.807) is 6.07 Å². The van der Waals surface area contributed by atoms with Gasteiger partial charge in [0.1, 0.15) is 12.4 Å². The van der Waals surface area contributed by atoms with E-state index in [0.29, 0.717) is 18.6 Å². The second kappa shape index (κ2) is 7.82. The van der Waals surface area contributed by atoms with Crippen LogP contribution in [0.3, 0.4) is 0 Å². The van der Waals surface area contributed by atoms with E-state index in [9.17, 15) is 0 Å². The molecule has 108 valence electrons. The van der Waals surface area contributed by atoms with Gasteiger partial charge >= 0.3 is 0 Å². The molecular formula is C17H16BrNO2. The highest BCUT2D eigenvalue weighted by Gasteiger charge is 2.06. The lowest BCUT2D eigenvalue weighted by Gasteiger charge is -2.11. The van der Waals surface area contributed by atoms with E-state index in [0.717, 1.165) is 27.8 Å². The second-order valence-electron chi connectivity index (χ2n) is 4.67. The number of hydrogen-bond acceptors (Lipinski definition) is 3. The van der Waals surface area contributed by atoms with Crippen LogP contribution in [0.2, 0.25) is 0 Å². The lowest BCUT2D eigenvalue weighted by Crippen LogP contribution is -2.02. The molecule has 0 unspecified atom stereocenters. The fourth-order valence-corrected chi connectivity index (χ4v) is 2.43. The van der Waals surface area contributed by atoms with Gasteiger partial charge < -0.3 is 9.84 Å². The summed E-state index contributed by atoms with van der Waals surface area (Å²) < 4.78 is 6.76. The summed E-state index contributed by atoms with van der Waals surface area (Å²) in [5.41, 5.74) is 2.73. The maximum absolute atomic E-state index is 8.98. The van der Waals surface area contributed by atoms with E-state index >= 15 is 0 Å². The van der Waals surface area contributed by atoms with Gasteiger partial charge in [0.25, 0.3) is 0 Å². The van der Waals surface area contributed by atoms with Gasteiger partial charge in [-0.3, -0.25) is 0 Å². The minimum atomic E-state index is 0.142. The average molecular weight is 346 g/mol. The van der Waals surface area contributed by atoms with Crippen molar-refractivity contribution in [2.24, 2.45) is 0 Å². The Kier molecular flexibility index (Phi) is 5.79. The van der Waals surface area contributed by atoms with Crippen molar-refractivity contribution in [3.05, 3.63) is 63.6 Å². The molecule has 0 atom stereocenters. The zero-order valence-electron chi connectivity index (χ0n) is 11.6. The highest BCUT2D eigenvalue weighted by molar-refractivity contribution is 9.10. The van der Waals surface area contributed by atoms with Crippen LogP contribution < -0.4 is 4.74 Å². The third-order valence-corrected chi connectivity index (χ3v) is 3.62. The van der Waals surface area contributed by atoms with Crippen LogP contribution in [0.1, 0.15) is 23.1 Å². The van der Waals surface area contributed by atoms with Crippen molar-refractivity contribution in [3.8, 4) is 11.8 Å². The normalized spacial score (nSPS) is 10.1. The lowest BCUT2D eigenvalue weighted by molar-refractivity contribution is 0.286. The number of nitriles is 1. The van der Waals surface area contributed by atoms with Crippen molar-refractivity contribution in [2.75, 3.05) is 6.61 Å². The molecule has 0 aliphatic carbocycles. The van der Waals surface area contributed by atoms with Gasteiger partial charge in [-0.1, -0.05) is 28.1 Å². The van der Waals surface area contributed by atoms with Crippen LogP contribution in [0, 0.1) is 11.3 Å². The molecule has 0 aliphatic rings. The Morgan fingerprint density at radius 3 is 2.71 bits per heavy atom. The Hall–Kier alpha value is -1.83. The van der Waals surface area contributed by atoms with Crippen molar-refractivity contribution in [1.82, 2.24) is 0 Å². The molecule has 0 amide bonds. The van der Waals surface area contributed by atoms with Gasteiger partial charge in [0.05, 0.1) is 11.6 Å². The molecule has 2 aromatic rings. The molecule has 0 bridgehead atoms. The molecule has 1 N–H and O–H groups in total. The number of nitrogens with zero attached hydrogens (tertiary/aromatic N) is 1. The SMILES string of the molecule is N#Cc1ccc(COc2cccc(Br)c2)c(CCCO)c1. The highest BCUT2D eigenvalue weighted by Crippen LogP contribution is 2.21. The number of hydrogen-bond donors (Lipinski definition) is 1. The molecule has 0 heterocycles. The zero-order chi connectivity index (χ0) is 15.1. The molecule has 0 aromatic heterocycles. The number of aliphatic hydroxyl groups is 1. The van der Waals surface area contributed by atoms with Crippen LogP contribution in [0.5, 0.6) is 5.75 Å². The topological polar surface area (TPSA) is 53.2 Å². The fourth-order valence-electron chi connectivity index (χ4n) is 2.06. The van der Waals surface area contributed by atoms with Crippen molar-refractivity contribution in [3.63, 3.8) is 0 Å². The van der Waals surface area contributed by atoms with Crippen LogP contribution in [-0.2, 0) is 13.0 Å². The second-order valence-corrected chi connectivity index (χ2v) is 5.58. The monoisotopic (exact) mass is 345 g/mol. The Bertz CT molecular complexity index is 649. The van der Waals surface area contributed by atoms with Crippen molar-refractivity contribution in [1.29, 1.82) is 5.26 Å². The first-order valence-electron chi connectivity index (χ1n) is 6.74. The van der Waals surface area contributed by atoms with E-state index in [-0.39, 0.29) is 6.61 Å². The predicted molar refractivity (Wildman–Crippen MR) is 85.0 cm³/mol. The molecule has 0 spiro atoms. The van der Waals surface area contributed by atoms with Crippen LogP contribution in [0.4, 0.5) is 0 Å². The molecule has 2 aromatic carbocycles. The molecular weight excluding hydrogens is 330 g/mol. The highest BCUT2D eigenvalue weighted by atomic mass is 79.9. The van der Waals surface area contributed by atoms with E-state index in [2.05, 4.69) is 22.0 Å². The maximum atomic E-state index is 8.98. The molecule has 0 fully saturated rings. The molecule has 3 nitrogen and oxygen atoms in total.